The van der Waals surface area contributed by atoms with Crippen LogP contribution in [0.2, 0.25) is 0 Å². The predicted octanol–water partition coefficient (Wildman–Crippen LogP) is 3.74. The van der Waals surface area contributed by atoms with Crippen molar-refractivity contribution in [2.24, 2.45) is 4.99 Å². The van der Waals surface area contributed by atoms with Crippen molar-refractivity contribution in [1.29, 1.82) is 0 Å². The number of amides is 1. The van der Waals surface area contributed by atoms with Crippen molar-refractivity contribution in [1.82, 2.24) is 16.0 Å². The fraction of sp³-hybridized carbons (Fsp3) is 0.364. The predicted molar refractivity (Wildman–Crippen MR) is 127 cm³/mol. The Hall–Kier alpha value is -2.09. The summed E-state index contributed by atoms with van der Waals surface area (Å²) in [6, 6.07) is 18.2. The highest BCUT2D eigenvalue weighted by molar-refractivity contribution is 14.0. The second-order valence-electron chi connectivity index (χ2n) is 6.57. The van der Waals surface area contributed by atoms with Gasteiger partial charge in [-0.15, -0.1) is 24.0 Å². The van der Waals surface area contributed by atoms with Crippen molar-refractivity contribution in [2.45, 2.75) is 39.3 Å². The third-order valence-electron chi connectivity index (χ3n) is 4.41. The molecule has 3 N–H and O–H groups in total. The van der Waals surface area contributed by atoms with Crippen LogP contribution in [0.15, 0.2) is 59.6 Å². The van der Waals surface area contributed by atoms with E-state index in [1.54, 1.807) is 7.05 Å². The lowest BCUT2D eigenvalue weighted by Crippen LogP contribution is -2.38. The Balaban J connectivity index is 0.00000392. The highest BCUT2D eigenvalue weighted by Crippen LogP contribution is 2.06. The molecule has 2 aromatic carbocycles. The molecule has 28 heavy (non-hydrogen) atoms. The zero-order valence-electron chi connectivity index (χ0n) is 16.9. The van der Waals surface area contributed by atoms with E-state index in [4.69, 9.17) is 0 Å². The normalized spacial score (nSPS) is 11.9. The molecule has 0 fully saturated rings. The Morgan fingerprint density at radius 2 is 1.75 bits per heavy atom. The van der Waals surface area contributed by atoms with E-state index < -0.39 is 0 Å². The van der Waals surface area contributed by atoms with Crippen molar-refractivity contribution in [2.75, 3.05) is 13.6 Å². The van der Waals surface area contributed by atoms with Crippen LogP contribution < -0.4 is 16.0 Å². The van der Waals surface area contributed by atoms with Gasteiger partial charge in [-0.05, 0) is 43.0 Å². The number of nitrogens with zero attached hydrogens (tertiary/aromatic N) is 1. The highest BCUT2D eigenvalue weighted by atomic mass is 127. The molecule has 1 amide bonds. The number of aliphatic imine (C=N–C) groups is 1. The third kappa shape index (κ3) is 8.29. The van der Waals surface area contributed by atoms with Gasteiger partial charge < -0.3 is 16.0 Å². The van der Waals surface area contributed by atoms with E-state index >= 15 is 0 Å². The molecule has 1 atom stereocenters. The first-order valence-electron chi connectivity index (χ1n) is 9.50. The molecule has 0 bridgehead atoms. The number of hydrogen-bond acceptors (Lipinski definition) is 2. The Kier molecular flexibility index (Phi) is 11.2. The molecule has 5 nitrogen and oxygen atoms in total. The van der Waals surface area contributed by atoms with Crippen LogP contribution in [0.5, 0.6) is 0 Å². The second kappa shape index (κ2) is 13.1. The maximum Gasteiger partial charge on any atom is 0.251 e. The lowest BCUT2D eigenvalue weighted by molar-refractivity contribution is 0.0939. The molecule has 2 aromatic rings. The molecule has 2 rings (SSSR count). The lowest BCUT2D eigenvalue weighted by atomic mass is 10.1. The van der Waals surface area contributed by atoms with Gasteiger partial charge in [-0.3, -0.25) is 9.79 Å². The maximum atomic E-state index is 12.3. The van der Waals surface area contributed by atoms with Crippen LogP contribution in [0.3, 0.4) is 0 Å². The van der Waals surface area contributed by atoms with Crippen LogP contribution in [0.4, 0.5) is 0 Å². The zero-order chi connectivity index (χ0) is 19.5. The minimum atomic E-state index is -0.0310. The summed E-state index contributed by atoms with van der Waals surface area (Å²) in [5, 5.41) is 9.61. The van der Waals surface area contributed by atoms with Crippen LogP contribution in [0.1, 0.15) is 41.8 Å². The van der Waals surface area contributed by atoms with Gasteiger partial charge in [0.2, 0.25) is 0 Å². The van der Waals surface area contributed by atoms with Crippen LogP contribution >= 0.6 is 24.0 Å². The van der Waals surface area contributed by atoms with E-state index in [1.165, 1.54) is 5.56 Å². The quantitative estimate of drug-likeness (QED) is 0.298. The van der Waals surface area contributed by atoms with Gasteiger partial charge >= 0.3 is 0 Å². The Labute approximate surface area is 185 Å². The largest absolute Gasteiger partial charge is 0.356 e. The van der Waals surface area contributed by atoms with Gasteiger partial charge in [0.25, 0.3) is 5.91 Å². The van der Waals surface area contributed by atoms with Crippen molar-refractivity contribution in [3.63, 3.8) is 0 Å². The smallest absolute Gasteiger partial charge is 0.251 e. The average Bonchev–Trinajstić information content (AvgIpc) is 2.71. The van der Waals surface area contributed by atoms with Crippen LogP contribution in [-0.4, -0.2) is 31.5 Å². The molecule has 0 saturated heterocycles. The summed E-state index contributed by atoms with van der Waals surface area (Å²) in [6.45, 7) is 5.48. The monoisotopic (exact) mass is 494 g/mol. The van der Waals surface area contributed by atoms with Crippen LogP contribution in [0, 0.1) is 0 Å². The first-order valence-corrected chi connectivity index (χ1v) is 9.50. The molecule has 0 aliphatic carbocycles. The standard InChI is InChI=1S/C22H30N4O.HI/c1-4-17(2)26-21(27)20-12-8-11-19(15-20)16-25-22(23-3)24-14-13-18-9-6-5-7-10-18;/h5-12,15,17H,4,13-14,16H2,1-3H3,(H,26,27)(H2,23,24,25);1H. The minimum absolute atomic E-state index is 0. The topological polar surface area (TPSA) is 65.5 Å². The van der Waals surface area contributed by atoms with Crippen molar-refractivity contribution in [3.05, 3.63) is 71.3 Å². The van der Waals surface area contributed by atoms with Crippen molar-refractivity contribution < 1.29 is 4.79 Å². The van der Waals surface area contributed by atoms with Crippen molar-refractivity contribution in [3.8, 4) is 0 Å². The first-order chi connectivity index (χ1) is 13.1. The van der Waals surface area contributed by atoms with Gasteiger partial charge in [0.15, 0.2) is 5.96 Å². The Morgan fingerprint density at radius 3 is 2.43 bits per heavy atom. The summed E-state index contributed by atoms with van der Waals surface area (Å²) < 4.78 is 0. The number of carbonyl (C=O) groups is 1. The molecular weight excluding hydrogens is 463 g/mol. The van der Waals surface area contributed by atoms with E-state index in [9.17, 15) is 4.79 Å². The number of rotatable bonds is 8. The first kappa shape index (κ1) is 23.9. The number of guanidine groups is 1. The molecule has 0 aromatic heterocycles. The molecule has 0 spiro atoms. The summed E-state index contributed by atoms with van der Waals surface area (Å²) in [5.41, 5.74) is 3.01. The summed E-state index contributed by atoms with van der Waals surface area (Å²) in [5.74, 6) is 0.719. The van der Waals surface area contributed by atoms with Gasteiger partial charge in [0.05, 0.1) is 0 Å². The molecule has 0 aliphatic rings. The SMILES string of the molecule is CCC(C)NC(=O)c1cccc(CNC(=NC)NCCc2ccccc2)c1.I. The highest BCUT2D eigenvalue weighted by Gasteiger charge is 2.09. The van der Waals surface area contributed by atoms with Gasteiger partial charge in [-0.25, -0.2) is 0 Å². The van der Waals surface area contributed by atoms with E-state index in [0.717, 1.165) is 30.9 Å². The number of halogens is 1. The lowest BCUT2D eigenvalue weighted by Gasteiger charge is -2.14. The molecule has 0 saturated carbocycles. The average molecular weight is 494 g/mol. The summed E-state index contributed by atoms with van der Waals surface area (Å²) in [7, 11) is 1.76. The van der Waals surface area contributed by atoms with Gasteiger partial charge in [-0.2, -0.15) is 0 Å². The molecule has 6 heteroatoms. The number of benzene rings is 2. The van der Waals surface area contributed by atoms with Crippen LogP contribution in [0.25, 0.3) is 0 Å². The Bertz CT molecular complexity index is 749. The third-order valence-corrected chi connectivity index (χ3v) is 4.41. The van der Waals surface area contributed by atoms with E-state index in [-0.39, 0.29) is 35.9 Å². The van der Waals surface area contributed by atoms with Crippen molar-refractivity contribution >= 4 is 35.8 Å². The molecule has 0 heterocycles. The molecule has 0 aliphatic heterocycles. The second-order valence-corrected chi connectivity index (χ2v) is 6.57. The molecule has 0 radical (unpaired) electrons. The Morgan fingerprint density at radius 1 is 1.04 bits per heavy atom. The molecule has 1 unspecified atom stereocenters. The zero-order valence-corrected chi connectivity index (χ0v) is 19.2. The number of carbonyl (C=O) groups excluding carboxylic acids is 1. The summed E-state index contributed by atoms with van der Waals surface area (Å²) >= 11 is 0. The van der Waals surface area contributed by atoms with E-state index in [2.05, 4.69) is 40.0 Å². The van der Waals surface area contributed by atoms with Gasteiger partial charge in [0.1, 0.15) is 0 Å². The van der Waals surface area contributed by atoms with Gasteiger partial charge in [0, 0.05) is 31.7 Å². The number of nitrogens with one attached hydrogen (secondary N) is 3. The van der Waals surface area contributed by atoms with E-state index in [1.807, 2.05) is 49.4 Å². The van der Waals surface area contributed by atoms with Crippen LogP contribution in [-0.2, 0) is 13.0 Å². The summed E-state index contributed by atoms with van der Waals surface area (Å²) in [4.78, 5) is 16.5. The fourth-order valence-electron chi connectivity index (χ4n) is 2.61. The maximum absolute atomic E-state index is 12.3. The van der Waals surface area contributed by atoms with Gasteiger partial charge in [-0.1, -0.05) is 49.4 Å². The fourth-order valence-corrected chi connectivity index (χ4v) is 2.61. The molecular formula is C22H31IN4O. The summed E-state index contributed by atoms with van der Waals surface area (Å²) in [6.07, 6.45) is 1.85. The van der Waals surface area contributed by atoms with E-state index in [0.29, 0.717) is 12.1 Å². The minimum Gasteiger partial charge on any atom is -0.356 e. The molecule has 152 valence electrons. The number of hydrogen-bond donors (Lipinski definition) is 3.